The Morgan fingerprint density at radius 1 is 1.17 bits per heavy atom. The van der Waals surface area contributed by atoms with Gasteiger partial charge in [-0.05, 0) is 44.2 Å². The van der Waals surface area contributed by atoms with Gasteiger partial charge >= 0.3 is 0 Å². The maximum atomic E-state index is 12.7. The molecule has 1 N–H and O–H groups in total. The van der Waals surface area contributed by atoms with Crippen LogP contribution in [0.5, 0.6) is 0 Å². The van der Waals surface area contributed by atoms with Crippen molar-refractivity contribution in [3.05, 3.63) is 29.3 Å². The number of amides is 1. The maximum Gasteiger partial charge on any atom is 0.277 e. The number of thiazole rings is 1. The van der Waals surface area contributed by atoms with Crippen LogP contribution in [-0.2, 0) is 4.79 Å². The lowest BCUT2D eigenvalue weighted by molar-refractivity contribution is -0.929. The predicted octanol–water partition coefficient (Wildman–Crippen LogP) is 2.42. The second-order valence-corrected chi connectivity index (χ2v) is 8.16. The zero-order valence-corrected chi connectivity index (χ0v) is 15.0. The predicted molar refractivity (Wildman–Crippen MR) is 97.3 cm³/mol. The third-order valence-electron chi connectivity index (χ3n) is 5.43. The zero-order chi connectivity index (χ0) is 16.4. The fraction of sp³-hybridized carbons (Fsp3) is 0.579. The van der Waals surface area contributed by atoms with Crippen molar-refractivity contribution in [2.45, 2.75) is 44.6 Å². The normalized spacial score (nSPS) is 25.1. The highest BCUT2D eigenvalue weighted by Crippen LogP contribution is 2.28. The van der Waals surface area contributed by atoms with Crippen molar-refractivity contribution in [1.82, 2.24) is 9.88 Å². The van der Waals surface area contributed by atoms with Crippen molar-refractivity contribution in [3.8, 4) is 0 Å². The van der Waals surface area contributed by atoms with Crippen molar-refractivity contribution in [2.75, 3.05) is 26.2 Å². The summed E-state index contributed by atoms with van der Waals surface area (Å²) in [6.45, 7) is 3.65. The molecule has 2 saturated heterocycles. The van der Waals surface area contributed by atoms with E-state index in [1.807, 2.05) is 11.3 Å². The summed E-state index contributed by atoms with van der Waals surface area (Å²) in [5.41, 5.74) is 1.10. The van der Waals surface area contributed by atoms with Crippen LogP contribution >= 0.6 is 11.3 Å². The number of para-hydroxylation sites is 1. The number of fused-ring (bicyclic) bond motifs is 1. The first kappa shape index (κ1) is 16.0. The van der Waals surface area contributed by atoms with Crippen molar-refractivity contribution >= 4 is 27.5 Å². The molecule has 2 atom stereocenters. The van der Waals surface area contributed by atoms with Crippen LogP contribution in [0.1, 0.15) is 49.6 Å². The lowest BCUT2D eigenvalue weighted by atomic mass is 10.0. The standard InChI is InChI=1S/C19H25N3OS/c23-18(21-11-5-1-6-12-21)14-22-13-7-4-9-16(22)19-20-15-8-2-3-10-17(15)24-19/h2-3,8,10,16H,1,4-7,9,11-14H2/p+1/t16-/m1/s1. The number of quaternary nitrogens is 1. The fourth-order valence-electron chi connectivity index (χ4n) is 4.08. The van der Waals surface area contributed by atoms with E-state index in [0.717, 1.165) is 31.6 Å². The molecule has 0 bridgehead atoms. The van der Waals surface area contributed by atoms with E-state index < -0.39 is 0 Å². The Kier molecular flexibility index (Phi) is 4.81. The van der Waals surface area contributed by atoms with Gasteiger partial charge in [0.15, 0.2) is 11.6 Å². The van der Waals surface area contributed by atoms with Crippen LogP contribution in [-0.4, -0.2) is 42.0 Å². The summed E-state index contributed by atoms with van der Waals surface area (Å²) >= 11 is 1.81. The number of hydrogen-bond donors (Lipinski definition) is 1. The van der Waals surface area contributed by atoms with Crippen molar-refractivity contribution in [1.29, 1.82) is 0 Å². The summed E-state index contributed by atoms with van der Waals surface area (Å²) < 4.78 is 1.26. The minimum atomic E-state index is 0.345. The molecule has 1 aromatic heterocycles. The largest absolute Gasteiger partial charge is 0.338 e. The van der Waals surface area contributed by atoms with Crippen LogP contribution in [0.4, 0.5) is 0 Å². The molecular formula is C19H26N3OS+. The van der Waals surface area contributed by atoms with Crippen molar-refractivity contribution < 1.29 is 9.69 Å². The monoisotopic (exact) mass is 344 g/mol. The second kappa shape index (κ2) is 7.19. The minimum Gasteiger partial charge on any atom is -0.338 e. The molecule has 128 valence electrons. The molecule has 4 nitrogen and oxygen atoms in total. The molecule has 0 saturated carbocycles. The van der Waals surface area contributed by atoms with E-state index in [1.165, 1.54) is 46.7 Å². The van der Waals surface area contributed by atoms with Gasteiger partial charge in [0, 0.05) is 19.5 Å². The van der Waals surface area contributed by atoms with Crippen LogP contribution in [0, 0.1) is 0 Å². The molecule has 1 amide bonds. The number of likely N-dealkylation sites (tertiary alicyclic amines) is 2. The highest BCUT2D eigenvalue weighted by molar-refractivity contribution is 7.18. The molecule has 0 aliphatic carbocycles. The number of nitrogens with zero attached hydrogens (tertiary/aromatic N) is 2. The molecule has 1 aromatic carbocycles. The van der Waals surface area contributed by atoms with E-state index in [0.29, 0.717) is 18.5 Å². The molecular weight excluding hydrogens is 318 g/mol. The Hall–Kier alpha value is -1.46. The van der Waals surface area contributed by atoms with Crippen molar-refractivity contribution in [2.24, 2.45) is 0 Å². The maximum absolute atomic E-state index is 12.7. The topological polar surface area (TPSA) is 37.6 Å². The van der Waals surface area contributed by atoms with E-state index in [1.54, 1.807) is 0 Å². The third-order valence-corrected chi connectivity index (χ3v) is 6.58. The first-order valence-electron chi connectivity index (χ1n) is 9.29. The second-order valence-electron chi connectivity index (χ2n) is 7.09. The molecule has 0 spiro atoms. The highest BCUT2D eigenvalue weighted by Gasteiger charge is 2.33. The Morgan fingerprint density at radius 2 is 2.00 bits per heavy atom. The molecule has 2 fully saturated rings. The van der Waals surface area contributed by atoms with Gasteiger partial charge in [-0.2, -0.15) is 0 Å². The number of piperidine rings is 2. The first-order chi connectivity index (χ1) is 11.8. The zero-order valence-electron chi connectivity index (χ0n) is 14.2. The fourth-order valence-corrected chi connectivity index (χ4v) is 5.24. The molecule has 2 aliphatic heterocycles. The average molecular weight is 345 g/mol. The van der Waals surface area contributed by atoms with Crippen LogP contribution in [0.15, 0.2) is 24.3 Å². The van der Waals surface area contributed by atoms with Crippen LogP contribution in [0.3, 0.4) is 0 Å². The molecule has 2 aromatic rings. The smallest absolute Gasteiger partial charge is 0.277 e. The van der Waals surface area contributed by atoms with E-state index in [9.17, 15) is 4.79 Å². The van der Waals surface area contributed by atoms with Crippen LogP contribution in [0.25, 0.3) is 10.2 Å². The van der Waals surface area contributed by atoms with Crippen LogP contribution < -0.4 is 4.90 Å². The Labute approximate surface area is 147 Å². The molecule has 4 rings (SSSR count). The summed E-state index contributed by atoms with van der Waals surface area (Å²) in [5, 5.41) is 1.22. The quantitative estimate of drug-likeness (QED) is 0.928. The van der Waals surface area contributed by atoms with Gasteiger partial charge in [-0.25, -0.2) is 4.98 Å². The summed E-state index contributed by atoms with van der Waals surface area (Å²) in [6.07, 6.45) is 7.24. The van der Waals surface area contributed by atoms with E-state index >= 15 is 0 Å². The number of hydrogen-bond acceptors (Lipinski definition) is 3. The number of rotatable bonds is 3. The van der Waals surface area contributed by atoms with Gasteiger partial charge in [0.05, 0.1) is 16.8 Å². The summed E-state index contributed by atoms with van der Waals surface area (Å²) in [7, 11) is 0. The van der Waals surface area contributed by atoms with E-state index in [2.05, 4.69) is 29.2 Å². The lowest BCUT2D eigenvalue weighted by Gasteiger charge is -2.33. The van der Waals surface area contributed by atoms with Crippen LogP contribution in [0.2, 0.25) is 0 Å². The molecule has 3 heterocycles. The van der Waals surface area contributed by atoms with Gasteiger partial charge in [-0.15, -0.1) is 11.3 Å². The Bertz CT molecular complexity index is 674. The SMILES string of the molecule is O=C(C[NH+]1CCCC[C@@H]1c1nc2ccccc2s1)N1CCCCC1. The lowest BCUT2D eigenvalue weighted by Crippen LogP contribution is -3.14. The van der Waals surface area contributed by atoms with Gasteiger partial charge in [-0.1, -0.05) is 12.1 Å². The molecule has 0 radical (unpaired) electrons. The number of carbonyl (C=O) groups is 1. The van der Waals surface area contributed by atoms with Gasteiger partial charge in [0.1, 0.15) is 6.04 Å². The van der Waals surface area contributed by atoms with Gasteiger partial charge < -0.3 is 9.80 Å². The number of nitrogens with one attached hydrogen (secondary N) is 1. The molecule has 2 aliphatic rings. The Balaban J connectivity index is 1.51. The minimum absolute atomic E-state index is 0.345. The van der Waals surface area contributed by atoms with Gasteiger partial charge in [0.2, 0.25) is 0 Å². The summed E-state index contributed by atoms with van der Waals surface area (Å²) in [6, 6.07) is 8.77. The number of benzene rings is 1. The third kappa shape index (κ3) is 3.33. The Morgan fingerprint density at radius 3 is 2.83 bits per heavy atom. The van der Waals surface area contributed by atoms with Gasteiger partial charge in [0.25, 0.3) is 5.91 Å². The molecule has 5 heteroatoms. The first-order valence-corrected chi connectivity index (χ1v) is 10.1. The molecule has 24 heavy (non-hydrogen) atoms. The molecule has 1 unspecified atom stereocenters. The number of aromatic nitrogens is 1. The van der Waals surface area contributed by atoms with E-state index in [-0.39, 0.29) is 0 Å². The summed E-state index contributed by atoms with van der Waals surface area (Å²) in [5.74, 6) is 0.345. The number of carbonyl (C=O) groups excluding carboxylic acids is 1. The van der Waals surface area contributed by atoms with Gasteiger partial charge in [-0.3, -0.25) is 4.79 Å². The average Bonchev–Trinajstić information content (AvgIpc) is 3.07. The summed E-state index contributed by atoms with van der Waals surface area (Å²) in [4.78, 5) is 21.1. The van der Waals surface area contributed by atoms with Crippen molar-refractivity contribution in [3.63, 3.8) is 0 Å². The van der Waals surface area contributed by atoms with E-state index in [4.69, 9.17) is 4.98 Å². The highest BCUT2D eigenvalue weighted by atomic mass is 32.1.